The number of aromatic nitrogens is 2. The first-order chi connectivity index (χ1) is 10.2. The Labute approximate surface area is 139 Å². The van der Waals surface area contributed by atoms with Gasteiger partial charge in [-0.2, -0.15) is 0 Å². The number of nitrogens with zero attached hydrogens (tertiary/aromatic N) is 3. The molecular formula is C15H21ClN4OS. The number of hydrogen-bond donors (Lipinski definition) is 1. The van der Waals surface area contributed by atoms with Crippen molar-refractivity contribution in [2.75, 3.05) is 13.1 Å². The van der Waals surface area contributed by atoms with Crippen LogP contribution in [0.3, 0.4) is 0 Å². The fourth-order valence-corrected chi connectivity index (χ4v) is 4.67. The summed E-state index contributed by atoms with van der Waals surface area (Å²) in [7, 11) is 0. The van der Waals surface area contributed by atoms with E-state index < -0.39 is 0 Å². The van der Waals surface area contributed by atoms with E-state index in [1.54, 1.807) is 16.7 Å². The Morgan fingerprint density at radius 1 is 1.36 bits per heavy atom. The van der Waals surface area contributed by atoms with Gasteiger partial charge in [0.05, 0.1) is 5.69 Å². The maximum atomic E-state index is 12.0. The Hall–Kier alpha value is -0.950. The lowest BCUT2D eigenvalue weighted by atomic mass is 9.78. The average molecular weight is 341 g/mol. The number of thiazole rings is 1. The Balaban J connectivity index is 0.00000144. The standard InChI is InChI=1S/C15H20N4OS.ClH/c16-13-3-1-2-10-7-18(9-12(10)13)8-11-6-14(20)19-4-5-21-15(19)17-11;/h4-6,10,12-13H,1-3,7-9,16H2;1H. The van der Waals surface area contributed by atoms with Gasteiger partial charge >= 0.3 is 0 Å². The van der Waals surface area contributed by atoms with Crippen molar-refractivity contribution in [3.63, 3.8) is 0 Å². The van der Waals surface area contributed by atoms with Gasteiger partial charge in [-0.3, -0.25) is 14.1 Å². The van der Waals surface area contributed by atoms with Gasteiger partial charge in [0.1, 0.15) is 0 Å². The normalized spacial score (nSPS) is 28.5. The van der Waals surface area contributed by atoms with E-state index in [0.717, 1.165) is 42.6 Å². The number of fused-ring (bicyclic) bond motifs is 2. The highest BCUT2D eigenvalue weighted by Crippen LogP contribution is 2.35. The van der Waals surface area contributed by atoms with E-state index in [0.29, 0.717) is 12.0 Å². The summed E-state index contributed by atoms with van der Waals surface area (Å²) in [6.07, 6.45) is 5.50. The minimum Gasteiger partial charge on any atom is -0.327 e. The Morgan fingerprint density at radius 3 is 3.05 bits per heavy atom. The lowest BCUT2D eigenvalue weighted by molar-refractivity contribution is 0.259. The molecule has 1 saturated heterocycles. The maximum absolute atomic E-state index is 12.0. The van der Waals surface area contributed by atoms with Crippen molar-refractivity contribution in [2.24, 2.45) is 17.6 Å². The summed E-state index contributed by atoms with van der Waals surface area (Å²) in [6, 6.07) is 2.02. The van der Waals surface area contributed by atoms with Crippen LogP contribution in [-0.2, 0) is 6.54 Å². The van der Waals surface area contributed by atoms with Gasteiger partial charge in [0.15, 0.2) is 4.96 Å². The second kappa shape index (κ2) is 6.28. The third-order valence-electron chi connectivity index (χ3n) is 4.97. The molecule has 2 fully saturated rings. The van der Waals surface area contributed by atoms with Crippen molar-refractivity contribution >= 4 is 28.7 Å². The van der Waals surface area contributed by atoms with Crippen LogP contribution in [0.25, 0.3) is 4.96 Å². The van der Waals surface area contributed by atoms with Crippen molar-refractivity contribution in [1.82, 2.24) is 14.3 Å². The molecular weight excluding hydrogens is 320 g/mol. The SMILES string of the molecule is Cl.NC1CCCC2CN(Cc3cc(=O)n4ccsc4n3)CC12. The van der Waals surface area contributed by atoms with E-state index in [4.69, 9.17) is 5.73 Å². The Morgan fingerprint density at radius 2 is 2.23 bits per heavy atom. The molecule has 0 aromatic carbocycles. The van der Waals surface area contributed by atoms with Crippen molar-refractivity contribution in [3.05, 3.63) is 33.7 Å². The molecule has 3 heterocycles. The minimum atomic E-state index is 0. The van der Waals surface area contributed by atoms with Gasteiger partial charge < -0.3 is 5.73 Å². The molecule has 0 radical (unpaired) electrons. The first-order valence-electron chi connectivity index (χ1n) is 7.64. The topological polar surface area (TPSA) is 63.6 Å². The molecule has 3 atom stereocenters. The Kier molecular flexibility index (Phi) is 4.54. The summed E-state index contributed by atoms with van der Waals surface area (Å²) in [5.41, 5.74) is 7.17. The molecule has 2 aromatic rings. The Bertz CT molecular complexity index is 715. The molecule has 3 unspecified atom stereocenters. The average Bonchev–Trinajstić information content (AvgIpc) is 3.06. The zero-order valence-corrected chi connectivity index (χ0v) is 14.0. The van der Waals surface area contributed by atoms with Crippen LogP contribution in [0.1, 0.15) is 25.0 Å². The summed E-state index contributed by atoms with van der Waals surface area (Å²) in [5.74, 6) is 1.37. The van der Waals surface area contributed by atoms with Crippen LogP contribution in [0, 0.1) is 11.8 Å². The van der Waals surface area contributed by atoms with Gasteiger partial charge in [-0.25, -0.2) is 4.98 Å². The highest BCUT2D eigenvalue weighted by Gasteiger charge is 2.38. The van der Waals surface area contributed by atoms with Crippen LogP contribution in [0.4, 0.5) is 0 Å². The molecule has 2 N–H and O–H groups in total. The summed E-state index contributed by atoms with van der Waals surface area (Å²) < 4.78 is 1.60. The first-order valence-corrected chi connectivity index (χ1v) is 8.52. The largest absolute Gasteiger partial charge is 0.327 e. The van der Waals surface area contributed by atoms with Gasteiger partial charge in [0, 0.05) is 43.3 Å². The first kappa shape index (κ1) is 15.9. The lowest BCUT2D eigenvalue weighted by Crippen LogP contribution is -2.38. The molecule has 2 aliphatic rings. The van der Waals surface area contributed by atoms with E-state index >= 15 is 0 Å². The zero-order chi connectivity index (χ0) is 14.4. The quantitative estimate of drug-likeness (QED) is 0.904. The van der Waals surface area contributed by atoms with Crippen molar-refractivity contribution in [3.8, 4) is 0 Å². The molecule has 5 nitrogen and oxygen atoms in total. The highest BCUT2D eigenvalue weighted by molar-refractivity contribution is 7.15. The monoisotopic (exact) mass is 340 g/mol. The zero-order valence-electron chi connectivity index (χ0n) is 12.4. The number of hydrogen-bond acceptors (Lipinski definition) is 5. The van der Waals surface area contributed by atoms with Gasteiger partial charge in [-0.05, 0) is 24.7 Å². The van der Waals surface area contributed by atoms with Gasteiger partial charge in [-0.1, -0.05) is 6.42 Å². The van der Waals surface area contributed by atoms with E-state index in [2.05, 4.69) is 9.88 Å². The molecule has 0 spiro atoms. The third-order valence-corrected chi connectivity index (χ3v) is 5.73. The lowest BCUT2D eigenvalue weighted by Gasteiger charge is -2.29. The summed E-state index contributed by atoms with van der Waals surface area (Å²) in [6.45, 7) is 2.92. The fraction of sp³-hybridized carbons (Fsp3) is 0.600. The number of nitrogens with two attached hydrogens (primary N) is 1. The van der Waals surface area contributed by atoms with E-state index in [9.17, 15) is 4.79 Å². The van der Waals surface area contributed by atoms with Crippen molar-refractivity contribution in [1.29, 1.82) is 0 Å². The number of halogens is 1. The molecule has 1 aliphatic carbocycles. The molecule has 120 valence electrons. The predicted molar refractivity (Wildman–Crippen MR) is 90.7 cm³/mol. The number of rotatable bonds is 2. The van der Waals surface area contributed by atoms with Gasteiger partial charge in [0.25, 0.3) is 5.56 Å². The van der Waals surface area contributed by atoms with E-state index in [1.807, 2.05) is 5.38 Å². The summed E-state index contributed by atoms with van der Waals surface area (Å²) in [5, 5.41) is 1.90. The molecule has 0 amide bonds. The number of likely N-dealkylation sites (tertiary alicyclic amines) is 1. The molecule has 7 heteroatoms. The van der Waals surface area contributed by atoms with E-state index in [1.165, 1.54) is 24.2 Å². The molecule has 2 aromatic heterocycles. The minimum absolute atomic E-state index is 0. The highest BCUT2D eigenvalue weighted by atomic mass is 35.5. The van der Waals surface area contributed by atoms with Crippen molar-refractivity contribution in [2.45, 2.75) is 31.8 Å². The van der Waals surface area contributed by atoms with Crippen LogP contribution >= 0.6 is 23.7 Å². The smallest absolute Gasteiger partial charge is 0.258 e. The van der Waals surface area contributed by atoms with Crippen LogP contribution in [0.2, 0.25) is 0 Å². The second-order valence-electron chi connectivity index (χ2n) is 6.35. The molecule has 22 heavy (non-hydrogen) atoms. The van der Waals surface area contributed by atoms with E-state index in [-0.39, 0.29) is 18.0 Å². The molecule has 0 bridgehead atoms. The fourth-order valence-electron chi connectivity index (χ4n) is 3.94. The molecule has 1 saturated carbocycles. The molecule has 1 aliphatic heterocycles. The predicted octanol–water partition coefficient (Wildman–Crippen LogP) is 1.74. The van der Waals surface area contributed by atoms with Crippen LogP contribution < -0.4 is 11.3 Å². The van der Waals surface area contributed by atoms with Gasteiger partial charge in [-0.15, -0.1) is 23.7 Å². The van der Waals surface area contributed by atoms with Gasteiger partial charge in [0.2, 0.25) is 0 Å². The van der Waals surface area contributed by atoms with Crippen LogP contribution in [-0.4, -0.2) is 33.4 Å². The molecule has 4 rings (SSSR count). The maximum Gasteiger partial charge on any atom is 0.258 e. The third kappa shape index (κ3) is 2.80. The summed E-state index contributed by atoms with van der Waals surface area (Å²) in [4.78, 5) is 19.8. The summed E-state index contributed by atoms with van der Waals surface area (Å²) >= 11 is 1.51. The second-order valence-corrected chi connectivity index (χ2v) is 7.23. The van der Waals surface area contributed by atoms with Crippen molar-refractivity contribution < 1.29 is 0 Å². The van der Waals surface area contributed by atoms with Crippen LogP contribution in [0.15, 0.2) is 22.4 Å². The van der Waals surface area contributed by atoms with Crippen LogP contribution in [0.5, 0.6) is 0 Å².